The summed E-state index contributed by atoms with van der Waals surface area (Å²) in [7, 11) is -3.40. The zero-order valence-electron chi connectivity index (χ0n) is 12.4. The Morgan fingerprint density at radius 3 is 2.57 bits per heavy atom. The maximum Gasteiger partial charge on any atom is 0.240 e. The van der Waals surface area contributed by atoms with E-state index in [9.17, 15) is 13.5 Å². The van der Waals surface area contributed by atoms with Gasteiger partial charge in [-0.1, -0.05) is 13.3 Å². The quantitative estimate of drug-likeness (QED) is 0.719. The van der Waals surface area contributed by atoms with Crippen molar-refractivity contribution in [1.29, 1.82) is 0 Å². The molecule has 2 unspecified atom stereocenters. The van der Waals surface area contributed by atoms with E-state index in [4.69, 9.17) is 0 Å². The molecular formula is C15H24N2O3S. The lowest BCUT2D eigenvalue weighted by atomic mass is 10.0. The van der Waals surface area contributed by atoms with Gasteiger partial charge in [0, 0.05) is 30.8 Å². The van der Waals surface area contributed by atoms with Crippen molar-refractivity contribution in [2.75, 3.05) is 18.5 Å². The zero-order chi connectivity index (χ0) is 15.3. The third-order valence-electron chi connectivity index (χ3n) is 3.95. The predicted molar refractivity (Wildman–Crippen MR) is 83.8 cm³/mol. The third kappa shape index (κ3) is 4.18. The van der Waals surface area contributed by atoms with Crippen molar-refractivity contribution in [3.8, 4) is 0 Å². The van der Waals surface area contributed by atoms with Crippen molar-refractivity contribution in [1.82, 2.24) is 4.72 Å². The van der Waals surface area contributed by atoms with Crippen molar-refractivity contribution in [3.05, 3.63) is 24.3 Å². The Hall–Kier alpha value is -1.11. The van der Waals surface area contributed by atoms with E-state index in [1.807, 2.05) is 6.92 Å². The number of benzene rings is 1. The van der Waals surface area contributed by atoms with Gasteiger partial charge in [-0.15, -0.1) is 0 Å². The Labute approximate surface area is 126 Å². The van der Waals surface area contributed by atoms with Crippen LogP contribution in [0.1, 0.15) is 32.6 Å². The van der Waals surface area contributed by atoms with E-state index in [-0.39, 0.29) is 17.5 Å². The Kier molecular flexibility index (Phi) is 5.61. The van der Waals surface area contributed by atoms with Crippen molar-refractivity contribution >= 4 is 15.7 Å². The van der Waals surface area contributed by atoms with Crippen molar-refractivity contribution in [2.45, 2.75) is 43.5 Å². The largest absolute Gasteiger partial charge is 0.396 e. The van der Waals surface area contributed by atoms with Gasteiger partial charge in [0.05, 0.1) is 4.90 Å². The molecule has 0 radical (unpaired) electrons. The second-order valence-electron chi connectivity index (χ2n) is 5.55. The molecule has 118 valence electrons. The summed E-state index contributed by atoms with van der Waals surface area (Å²) < 4.78 is 26.5. The predicted octanol–water partition coefficient (Wildman–Crippen LogP) is 1.95. The van der Waals surface area contributed by atoms with E-state index in [0.29, 0.717) is 12.5 Å². The monoisotopic (exact) mass is 312 g/mol. The van der Waals surface area contributed by atoms with Crippen LogP contribution in [0.15, 0.2) is 29.2 Å². The number of hydrogen-bond acceptors (Lipinski definition) is 4. The van der Waals surface area contributed by atoms with Crippen LogP contribution in [0.5, 0.6) is 0 Å². The number of rotatable bonds is 7. The SMILES string of the molecule is CCCNS(=O)(=O)c1ccc(NC2CCCC2CO)cc1. The van der Waals surface area contributed by atoms with Crippen molar-refractivity contribution < 1.29 is 13.5 Å². The lowest BCUT2D eigenvalue weighted by Crippen LogP contribution is -2.26. The molecule has 1 aromatic carbocycles. The van der Waals surface area contributed by atoms with E-state index in [2.05, 4.69) is 10.0 Å². The Bertz CT molecular complexity index is 543. The fourth-order valence-electron chi connectivity index (χ4n) is 2.71. The van der Waals surface area contributed by atoms with E-state index < -0.39 is 10.0 Å². The summed E-state index contributed by atoms with van der Waals surface area (Å²) in [5.41, 5.74) is 0.898. The van der Waals surface area contributed by atoms with Crippen molar-refractivity contribution in [3.63, 3.8) is 0 Å². The molecule has 0 aromatic heterocycles. The number of anilines is 1. The van der Waals surface area contributed by atoms with E-state index >= 15 is 0 Å². The molecule has 0 amide bonds. The maximum atomic E-state index is 12.0. The van der Waals surface area contributed by atoms with Gasteiger partial charge in [0.2, 0.25) is 10.0 Å². The van der Waals surface area contributed by atoms with Crippen LogP contribution in [0.4, 0.5) is 5.69 Å². The first kappa shape index (κ1) is 16.3. The van der Waals surface area contributed by atoms with Gasteiger partial charge in [0.25, 0.3) is 0 Å². The van der Waals surface area contributed by atoms with Gasteiger partial charge in [-0.25, -0.2) is 13.1 Å². The highest BCUT2D eigenvalue weighted by Gasteiger charge is 2.26. The van der Waals surface area contributed by atoms with Gasteiger partial charge in [0.15, 0.2) is 0 Å². The van der Waals surface area contributed by atoms with Crippen LogP contribution in [0.25, 0.3) is 0 Å². The second-order valence-corrected chi connectivity index (χ2v) is 7.31. The molecule has 0 aliphatic heterocycles. The van der Waals surface area contributed by atoms with Gasteiger partial charge >= 0.3 is 0 Å². The summed E-state index contributed by atoms with van der Waals surface area (Å²) in [5, 5.41) is 12.7. The number of sulfonamides is 1. The van der Waals surface area contributed by atoms with E-state index in [1.165, 1.54) is 0 Å². The number of nitrogens with one attached hydrogen (secondary N) is 2. The molecular weight excluding hydrogens is 288 g/mol. The average molecular weight is 312 g/mol. The molecule has 3 N–H and O–H groups in total. The highest BCUT2D eigenvalue weighted by molar-refractivity contribution is 7.89. The molecule has 2 rings (SSSR count). The number of aliphatic hydroxyl groups excluding tert-OH is 1. The normalized spacial score (nSPS) is 22.4. The molecule has 1 saturated carbocycles. The van der Waals surface area contributed by atoms with E-state index in [0.717, 1.165) is 31.4 Å². The fraction of sp³-hybridized carbons (Fsp3) is 0.600. The molecule has 6 heteroatoms. The van der Waals surface area contributed by atoms with Gasteiger partial charge in [-0.3, -0.25) is 0 Å². The minimum atomic E-state index is -3.40. The minimum Gasteiger partial charge on any atom is -0.396 e. The standard InChI is InChI=1S/C15H24N2O3S/c1-2-10-16-21(19,20)14-8-6-13(7-9-14)17-15-5-3-4-12(15)11-18/h6-9,12,15-18H,2-5,10-11H2,1H3. The van der Waals surface area contributed by atoms with Gasteiger partial charge < -0.3 is 10.4 Å². The molecule has 0 spiro atoms. The highest BCUT2D eigenvalue weighted by Crippen LogP contribution is 2.28. The van der Waals surface area contributed by atoms with Crippen molar-refractivity contribution in [2.24, 2.45) is 5.92 Å². The lowest BCUT2D eigenvalue weighted by Gasteiger charge is -2.20. The summed E-state index contributed by atoms with van der Waals surface area (Å²) in [6.07, 6.45) is 3.98. The molecule has 1 aliphatic carbocycles. The molecule has 1 fully saturated rings. The summed E-state index contributed by atoms with van der Waals surface area (Å²) in [6.45, 7) is 2.57. The molecule has 0 saturated heterocycles. The lowest BCUT2D eigenvalue weighted by molar-refractivity contribution is 0.222. The van der Waals surface area contributed by atoms with Crippen LogP contribution in [-0.4, -0.2) is 32.7 Å². The molecule has 2 atom stereocenters. The Balaban J connectivity index is 2.02. The molecule has 0 bridgehead atoms. The topological polar surface area (TPSA) is 78.4 Å². The van der Waals surface area contributed by atoms with Crippen LogP contribution in [-0.2, 0) is 10.0 Å². The minimum absolute atomic E-state index is 0.199. The average Bonchev–Trinajstić information content (AvgIpc) is 2.93. The molecule has 5 nitrogen and oxygen atoms in total. The number of hydrogen-bond donors (Lipinski definition) is 3. The first-order valence-corrected chi connectivity index (χ1v) is 9.02. The number of aliphatic hydroxyl groups is 1. The first-order valence-electron chi connectivity index (χ1n) is 7.54. The van der Waals surface area contributed by atoms with Crippen LogP contribution in [0.2, 0.25) is 0 Å². The van der Waals surface area contributed by atoms with Crippen LogP contribution in [0, 0.1) is 5.92 Å². The Morgan fingerprint density at radius 2 is 1.95 bits per heavy atom. The van der Waals surface area contributed by atoms with Gasteiger partial charge in [-0.05, 0) is 43.5 Å². The van der Waals surface area contributed by atoms with Crippen LogP contribution < -0.4 is 10.0 Å². The van der Waals surface area contributed by atoms with Gasteiger partial charge in [-0.2, -0.15) is 0 Å². The van der Waals surface area contributed by atoms with Crippen LogP contribution in [0.3, 0.4) is 0 Å². The summed E-state index contributed by atoms with van der Waals surface area (Å²) in [6, 6.07) is 7.07. The second kappa shape index (κ2) is 7.24. The summed E-state index contributed by atoms with van der Waals surface area (Å²) in [4.78, 5) is 0.284. The van der Waals surface area contributed by atoms with Crippen LogP contribution >= 0.6 is 0 Å². The molecule has 1 aromatic rings. The third-order valence-corrected chi connectivity index (χ3v) is 5.43. The first-order chi connectivity index (χ1) is 10.1. The fourth-order valence-corrected chi connectivity index (χ4v) is 3.84. The smallest absolute Gasteiger partial charge is 0.240 e. The zero-order valence-corrected chi connectivity index (χ0v) is 13.2. The molecule has 1 aliphatic rings. The maximum absolute atomic E-state index is 12.0. The molecule has 21 heavy (non-hydrogen) atoms. The molecule has 0 heterocycles. The Morgan fingerprint density at radius 1 is 1.24 bits per heavy atom. The summed E-state index contributed by atoms with van der Waals surface area (Å²) in [5.74, 6) is 0.291. The van der Waals surface area contributed by atoms with E-state index in [1.54, 1.807) is 24.3 Å². The summed E-state index contributed by atoms with van der Waals surface area (Å²) >= 11 is 0. The van der Waals surface area contributed by atoms with Gasteiger partial charge in [0.1, 0.15) is 0 Å². The highest BCUT2D eigenvalue weighted by atomic mass is 32.2.